The van der Waals surface area contributed by atoms with Crippen molar-refractivity contribution in [1.29, 1.82) is 0 Å². The minimum absolute atomic E-state index is 0.522. The highest BCUT2D eigenvalue weighted by atomic mass is 16.3. The Morgan fingerprint density at radius 3 is 2.47 bits per heavy atom. The zero-order valence-electron chi connectivity index (χ0n) is 10.1. The van der Waals surface area contributed by atoms with E-state index in [0.717, 1.165) is 32.7 Å². The number of benzene rings is 3. The maximum absolute atomic E-state index is 8.18. The summed E-state index contributed by atoms with van der Waals surface area (Å²) in [6.07, 6.45) is 0. The maximum atomic E-state index is 8.18. The van der Waals surface area contributed by atoms with Crippen molar-refractivity contribution in [3.63, 3.8) is 0 Å². The molecule has 0 saturated heterocycles. The molecule has 4 rings (SSSR count). The molecule has 0 aliphatic carbocycles. The second kappa shape index (κ2) is 3.11. The Kier molecular flexibility index (Phi) is 1.45. The molecule has 0 aliphatic heterocycles. The average Bonchev–Trinajstić information content (AvgIpc) is 2.79. The quantitative estimate of drug-likeness (QED) is 0.416. The molecule has 0 unspecified atom stereocenters. The molecule has 1 heterocycles. The molecular formula is C16H10O. The van der Waals surface area contributed by atoms with E-state index in [4.69, 9.17) is 5.79 Å². The van der Waals surface area contributed by atoms with Gasteiger partial charge in [-0.1, -0.05) is 48.5 Å². The maximum Gasteiger partial charge on any atom is 0.143 e. The molecule has 0 N–H and O–H groups in total. The van der Waals surface area contributed by atoms with Gasteiger partial charge in [0.1, 0.15) is 11.2 Å². The van der Waals surface area contributed by atoms with Crippen LogP contribution in [0.1, 0.15) is 1.37 Å². The van der Waals surface area contributed by atoms with Crippen molar-refractivity contribution in [3.8, 4) is 0 Å². The molecular weight excluding hydrogens is 208 g/mol. The third-order valence-corrected chi connectivity index (χ3v) is 3.17. The first-order chi connectivity index (χ1) is 8.84. The van der Waals surface area contributed by atoms with Crippen LogP contribution in [-0.4, -0.2) is 0 Å². The van der Waals surface area contributed by atoms with Gasteiger partial charge in [0, 0.05) is 16.2 Å². The monoisotopic (exact) mass is 219 g/mol. The fraction of sp³-hybridized carbons (Fsp3) is 0. The molecule has 4 aromatic rings. The van der Waals surface area contributed by atoms with Crippen LogP contribution in [-0.2, 0) is 0 Å². The van der Waals surface area contributed by atoms with Crippen molar-refractivity contribution < 1.29 is 5.79 Å². The second-order valence-corrected chi connectivity index (χ2v) is 4.18. The standard InChI is InChI=1S/C16H10O/c1-2-6-12-11(5-1)9-10-14-13-7-3-4-8-15(13)17-16(12)14/h1-10H/i10D. The lowest BCUT2D eigenvalue weighted by molar-refractivity contribution is 0.672. The first-order valence-corrected chi connectivity index (χ1v) is 5.64. The summed E-state index contributed by atoms with van der Waals surface area (Å²) in [5.41, 5.74) is 1.66. The summed E-state index contributed by atoms with van der Waals surface area (Å²) in [6, 6.07) is 18.3. The number of furan rings is 1. The predicted molar refractivity (Wildman–Crippen MR) is 71.2 cm³/mol. The lowest BCUT2D eigenvalue weighted by Gasteiger charge is -1.97. The molecule has 1 aromatic heterocycles. The van der Waals surface area contributed by atoms with Crippen LogP contribution in [0.25, 0.3) is 32.7 Å². The minimum Gasteiger partial charge on any atom is -0.455 e. The van der Waals surface area contributed by atoms with Gasteiger partial charge in [-0.3, -0.25) is 0 Å². The fourth-order valence-corrected chi connectivity index (χ4v) is 2.36. The molecule has 1 nitrogen and oxygen atoms in total. The van der Waals surface area contributed by atoms with Crippen molar-refractivity contribution in [2.45, 2.75) is 0 Å². The molecule has 0 radical (unpaired) electrons. The van der Waals surface area contributed by atoms with Gasteiger partial charge in [-0.15, -0.1) is 0 Å². The summed E-state index contributed by atoms with van der Waals surface area (Å²) in [6.45, 7) is 0. The summed E-state index contributed by atoms with van der Waals surface area (Å²) < 4.78 is 14.1. The summed E-state index contributed by atoms with van der Waals surface area (Å²) in [4.78, 5) is 0. The van der Waals surface area contributed by atoms with Crippen LogP contribution in [0.4, 0.5) is 0 Å². The van der Waals surface area contributed by atoms with Crippen molar-refractivity contribution >= 4 is 32.7 Å². The van der Waals surface area contributed by atoms with Gasteiger partial charge in [-0.25, -0.2) is 0 Å². The Labute approximate surface area is 99.7 Å². The van der Waals surface area contributed by atoms with E-state index in [1.807, 2.05) is 54.6 Å². The Morgan fingerprint density at radius 1 is 0.765 bits per heavy atom. The molecule has 3 aromatic carbocycles. The lowest BCUT2D eigenvalue weighted by atomic mass is 10.1. The minimum atomic E-state index is 0.522. The largest absolute Gasteiger partial charge is 0.455 e. The highest BCUT2D eigenvalue weighted by Gasteiger charge is 2.08. The van der Waals surface area contributed by atoms with Crippen LogP contribution >= 0.6 is 0 Å². The number of para-hydroxylation sites is 1. The van der Waals surface area contributed by atoms with E-state index in [0.29, 0.717) is 6.04 Å². The second-order valence-electron chi connectivity index (χ2n) is 4.18. The van der Waals surface area contributed by atoms with E-state index in [1.54, 1.807) is 0 Å². The molecule has 0 fully saturated rings. The Bertz CT molecular complexity index is 889. The van der Waals surface area contributed by atoms with Gasteiger partial charge in [0.05, 0.1) is 1.37 Å². The third-order valence-electron chi connectivity index (χ3n) is 3.17. The number of hydrogen-bond donors (Lipinski definition) is 0. The summed E-state index contributed by atoms with van der Waals surface area (Å²) in [5, 5.41) is 4.04. The van der Waals surface area contributed by atoms with Crippen LogP contribution in [0.15, 0.2) is 65.1 Å². The molecule has 0 bridgehead atoms. The molecule has 0 atom stereocenters. The molecule has 80 valence electrons. The number of rotatable bonds is 0. The first-order valence-electron chi connectivity index (χ1n) is 6.14. The third kappa shape index (κ3) is 1.14. The zero-order chi connectivity index (χ0) is 12.1. The van der Waals surface area contributed by atoms with Gasteiger partial charge in [-0.2, -0.15) is 0 Å². The average molecular weight is 219 g/mol. The van der Waals surface area contributed by atoms with E-state index in [2.05, 4.69) is 0 Å². The predicted octanol–water partition coefficient (Wildman–Crippen LogP) is 4.74. The molecule has 0 spiro atoms. The van der Waals surface area contributed by atoms with Gasteiger partial charge in [0.15, 0.2) is 0 Å². The highest BCUT2D eigenvalue weighted by molar-refractivity contribution is 6.14. The topological polar surface area (TPSA) is 13.1 Å². The Morgan fingerprint density at radius 2 is 1.53 bits per heavy atom. The fourth-order valence-electron chi connectivity index (χ4n) is 2.36. The highest BCUT2D eigenvalue weighted by Crippen LogP contribution is 2.33. The van der Waals surface area contributed by atoms with Gasteiger partial charge in [0.2, 0.25) is 0 Å². The zero-order valence-corrected chi connectivity index (χ0v) is 9.10. The van der Waals surface area contributed by atoms with Crippen molar-refractivity contribution in [2.75, 3.05) is 0 Å². The van der Waals surface area contributed by atoms with Crippen LogP contribution in [0, 0.1) is 0 Å². The number of hydrogen-bond acceptors (Lipinski definition) is 1. The molecule has 1 heteroatoms. The van der Waals surface area contributed by atoms with Gasteiger partial charge >= 0.3 is 0 Å². The summed E-state index contributed by atoms with van der Waals surface area (Å²) >= 11 is 0. The van der Waals surface area contributed by atoms with Crippen molar-refractivity contribution in [3.05, 3.63) is 60.6 Å². The molecule has 17 heavy (non-hydrogen) atoms. The smallest absolute Gasteiger partial charge is 0.143 e. The summed E-state index contributed by atoms with van der Waals surface area (Å²) in [7, 11) is 0. The van der Waals surface area contributed by atoms with Crippen LogP contribution in [0.5, 0.6) is 0 Å². The Hall–Kier alpha value is -2.28. The Balaban J connectivity index is 2.38. The van der Waals surface area contributed by atoms with Crippen molar-refractivity contribution in [2.24, 2.45) is 0 Å². The van der Waals surface area contributed by atoms with Gasteiger partial charge in [0.25, 0.3) is 0 Å². The molecule has 0 saturated carbocycles. The number of fused-ring (bicyclic) bond motifs is 5. The van der Waals surface area contributed by atoms with E-state index in [1.165, 1.54) is 0 Å². The lowest BCUT2D eigenvalue weighted by Crippen LogP contribution is -1.72. The molecule has 0 amide bonds. The normalized spacial score (nSPS) is 12.4. The van der Waals surface area contributed by atoms with E-state index in [-0.39, 0.29) is 0 Å². The first kappa shape index (κ1) is 7.91. The van der Waals surface area contributed by atoms with Gasteiger partial charge in [-0.05, 0) is 17.5 Å². The summed E-state index contributed by atoms with van der Waals surface area (Å²) in [5.74, 6) is 0. The van der Waals surface area contributed by atoms with E-state index in [9.17, 15) is 0 Å². The van der Waals surface area contributed by atoms with E-state index < -0.39 is 0 Å². The van der Waals surface area contributed by atoms with Gasteiger partial charge < -0.3 is 4.42 Å². The van der Waals surface area contributed by atoms with E-state index >= 15 is 0 Å². The molecule has 0 aliphatic rings. The van der Waals surface area contributed by atoms with Crippen LogP contribution in [0.3, 0.4) is 0 Å². The van der Waals surface area contributed by atoms with Crippen LogP contribution < -0.4 is 0 Å². The van der Waals surface area contributed by atoms with Crippen LogP contribution in [0.2, 0.25) is 0 Å². The SMILES string of the molecule is [2H]c1cc2ccccc2c2oc3ccccc3c12. The van der Waals surface area contributed by atoms with Crippen molar-refractivity contribution in [1.82, 2.24) is 0 Å².